The van der Waals surface area contributed by atoms with Gasteiger partial charge in [-0.15, -0.1) is 0 Å². The van der Waals surface area contributed by atoms with Gasteiger partial charge in [0.2, 0.25) is 17.8 Å². The largest absolute Gasteiger partial charge is 0.368 e. The van der Waals surface area contributed by atoms with Gasteiger partial charge in [-0.2, -0.15) is 15.0 Å². The van der Waals surface area contributed by atoms with Crippen LogP contribution in [0.3, 0.4) is 0 Å². The zero-order valence-corrected chi connectivity index (χ0v) is 7.25. The smallest absolute Gasteiger partial charge is 0.228 e. The molecule has 1 aliphatic rings. The molecule has 1 saturated carbocycles. The summed E-state index contributed by atoms with van der Waals surface area (Å²) in [6.45, 7) is 0. The van der Waals surface area contributed by atoms with E-state index >= 15 is 0 Å². The lowest BCUT2D eigenvalue weighted by Gasteiger charge is -2.02. The van der Waals surface area contributed by atoms with Crippen molar-refractivity contribution in [2.24, 2.45) is 5.11 Å². The second kappa shape index (κ2) is 3.35. The Morgan fingerprint density at radius 3 is 2.86 bits per heavy atom. The molecular formula is C6H8N8. The predicted octanol–water partition coefficient (Wildman–Crippen LogP) is 0.970. The molecule has 1 heterocycles. The average molecular weight is 192 g/mol. The SMILES string of the molecule is [N-]=[N+]=Nc1nc(N)nc(NC2CC2)n1. The average Bonchev–Trinajstić information content (AvgIpc) is 2.87. The molecule has 8 nitrogen and oxygen atoms in total. The first kappa shape index (κ1) is 8.52. The van der Waals surface area contributed by atoms with Crippen molar-refractivity contribution in [3.8, 4) is 0 Å². The fourth-order valence-corrected chi connectivity index (χ4v) is 0.940. The van der Waals surface area contributed by atoms with Gasteiger partial charge in [0.15, 0.2) is 0 Å². The third-order valence-electron chi connectivity index (χ3n) is 1.69. The molecule has 72 valence electrons. The molecule has 1 aromatic rings. The third-order valence-corrected chi connectivity index (χ3v) is 1.69. The second-order valence-electron chi connectivity index (χ2n) is 2.93. The molecule has 0 atom stereocenters. The van der Waals surface area contributed by atoms with Crippen LogP contribution in [-0.2, 0) is 0 Å². The zero-order chi connectivity index (χ0) is 9.97. The van der Waals surface area contributed by atoms with Crippen LogP contribution in [0.1, 0.15) is 12.8 Å². The third kappa shape index (κ3) is 1.99. The van der Waals surface area contributed by atoms with Gasteiger partial charge in [-0.1, -0.05) is 0 Å². The number of aromatic nitrogens is 3. The summed E-state index contributed by atoms with van der Waals surface area (Å²) in [7, 11) is 0. The lowest BCUT2D eigenvalue weighted by molar-refractivity contribution is 1.00. The maximum atomic E-state index is 8.19. The standard InChI is InChI=1S/C6H8N8/c7-4-10-5(9-3-1-2-3)12-6(11-4)13-14-8/h3H,1-2H2,(H3,7,9,10,11,12). The summed E-state index contributed by atoms with van der Waals surface area (Å²) >= 11 is 0. The van der Waals surface area contributed by atoms with Crippen LogP contribution in [0, 0.1) is 0 Å². The number of azide groups is 1. The van der Waals surface area contributed by atoms with Crippen LogP contribution in [0.5, 0.6) is 0 Å². The van der Waals surface area contributed by atoms with Crippen molar-refractivity contribution in [2.45, 2.75) is 18.9 Å². The fraction of sp³-hybridized carbons (Fsp3) is 0.500. The number of nitrogens with two attached hydrogens (primary N) is 1. The molecule has 0 aliphatic heterocycles. The van der Waals surface area contributed by atoms with Crippen LogP contribution in [0.4, 0.5) is 17.8 Å². The van der Waals surface area contributed by atoms with Crippen molar-refractivity contribution in [1.29, 1.82) is 0 Å². The molecule has 8 heteroatoms. The molecule has 2 rings (SSSR count). The van der Waals surface area contributed by atoms with Gasteiger partial charge in [0.05, 0.1) is 0 Å². The van der Waals surface area contributed by atoms with E-state index in [0.717, 1.165) is 12.8 Å². The van der Waals surface area contributed by atoms with Crippen LogP contribution >= 0.6 is 0 Å². The van der Waals surface area contributed by atoms with Gasteiger partial charge in [0.1, 0.15) is 0 Å². The molecular weight excluding hydrogens is 184 g/mol. The zero-order valence-electron chi connectivity index (χ0n) is 7.25. The van der Waals surface area contributed by atoms with Crippen molar-refractivity contribution in [2.75, 3.05) is 11.1 Å². The maximum absolute atomic E-state index is 8.19. The van der Waals surface area contributed by atoms with Crippen LogP contribution in [0.2, 0.25) is 0 Å². The second-order valence-corrected chi connectivity index (χ2v) is 2.93. The lowest BCUT2D eigenvalue weighted by atomic mass is 10.7. The van der Waals surface area contributed by atoms with E-state index in [1.165, 1.54) is 0 Å². The van der Waals surface area contributed by atoms with Crippen LogP contribution in [-0.4, -0.2) is 21.0 Å². The minimum absolute atomic E-state index is 0.0110. The van der Waals surface area contributed by atoms with E-state index in [4.69, 9.17) is 11.3 Å². The van der Waals surface area contributed by atoms with Crippen LogP contribution < -0.4 is 11.1 Å². The molecule has 0 spiro atoms. The summed E-state index contributed by atoms with van der Waals surface area (Å²) in [6.07, 6.45) is 2.20. The molecule has 0 radical (unpaired) electrons. The Kier molecular flexibility index (Phi) is 2.04. The summed E-state index contributed by atoms with van der Waals surface area (Å²) in [5.74, 6) is 0.399. The van der Waals surface area contributed by atoms with Crippen molar-refractivity contribution in [3.63, 3.8) is 0 Å². The summed E-state index contributed by atoms with van der Waals surface area (Å²) in [5, 5.41) is 6.28. The molecule has 0 unspecified atom stereocenters. The first-order chi connectivity index (χ1) is 6.78. The van der Waals surface area contributed by atoms with Gasteiger partial charge in [-0.25, -0.2) is 0 Å². The highest BCUT2D eigenvalue weighted by Gasteiger charge is 2.22. The van der Waals surface area contributed by atoms with E-state index in [0.29, 0.717) is 12.0 Å². The Bertz CT molecular complexity index is 391. The van der Waals surface area contributed by atoms with Gasteiger partial charge in [0, 0.05) is 11.0 Å². The summed E-state index contributed by atoms with van der Waals surface area (Å²) in [6, 6.07) is 0.413. The number of nitrogens with zero attached hydrogens (tertiary/aromatic N) is 6. The topological polar surface area (TPSA) is 125 Å². The number of anilines is 2. The molecule has 0 amide bonds. The highest BCUT2D eigenvalue weighted by atomic mass is 15.3. The maximum Gasteiger partial charge on any atom is 0.228 e. The van der Waals surface area contributed by atoms with E-state index < -0.39 is 0 Å². The summed E-state index contributed by atoms with van der Waals surface area (Å²) in [4.78, 5) is 13.9. The Labute approximate surface area is 79.2 Å². The lowest BCUT2D eigenvalue weighted by Crippen LogP contribution is -2.07. The number of nitrogens with one attached hydrogen (secondary N) is 1. The fourth-order valence-electron chi connectivity index (χ4n) is 0.940. The van der Waals surface area contributed by atoms with Crippen molar-refractivity contribution >= 4 is 17.8 Å². The molecule has 3 N–H and O–H groups in total. The number of hydrogen-bond acceptors (Lipinski definition) is 6. The predicted molar refractivity (Wildman–Crippen MR) is 49.7 cm³/mol. The summed E-state index contributed by atoms with van der Waals surface area (Å²) in [5.41, 5.74) is 13.6. The highest BCUT2D eigenvalue weighted by Crippen LogP contribution is 2.23. The molecule has 1 aliphatic carbocycles. The van der Waals surface area contributed by atoms with E-state index in [1.807, 2.05) is 0 Å². The van der Waals surface area contributed by atoms with Gasteiger partial charge in [0.25, 0.3) is 0 Å². The van der Waals surface area contributed by atoms with Gasteiger partial charge < -0.3 is 11.1 Å². The van der Waals surface area contributed by atoms with Crippen molar-refractivity contribution in [1.82, 2.24) is 15.0 Å². The van der Waals surface area contributed by atoms with Crippen molar-refractivity contribution in [3.05, 3.63) is 10.4 Å². The minimum Gasteiger partial charge on any atom is -0.368 e. The van der Waals surface area contributed by atoms with Crippen LogP contribution in [0.15, 0.2) is 5.11 Å². The minimum atomic E-state index is -0.0110. The Balaban J connectivity index is 2.24. The Morgan fingerprint density at radius 1 is 1.43 bits per heavy atom. The molecule has 1 fully saturated rings. The molecule has 0 bridgehead atoms. The van der Waals surface area contributed by atoms with Gasteiger partial charge >= 0.3 is 0 Å². The summed E-state index contributed by atoms with van der Waals surface area (Å²) < 4.78 is 0. The normalized spacial score (nSPS) is 14.6. The molecule has 1 aromatic heterocycles. The Hall–Kier alpha value is -2.08. The van der Waals surface area contributed by atoms with Gasteiger partial charge in [-0.3, -0.25) is 0 Å². The van der Waals surface area contributed by atoms with E-state index in [1.54, 1.807) is 0 Å². The molecule has 14 heavy (non-hydrogen) atoms. The van der Waals surface area contributed by atoms with Gasteiger partial charge in [-0.05, 0) is 23.5 Å². The molecule has 0 aromatic carbocycles. The van der Waals surface area contributed by atoms with E-state index in [-0.39, 0.29) is 11.9 Å². The first-order valence-electron chi connectivity index (χ1n) is 4.11. The monoisotopic (exact) mass is 192 g/mol. The number of nitrogen functional groups attached to an aromatic ring is 1. The molecule has 0 saturated heterocycles. The van der Waals surface area contributed by atoms with E-state index in [2.05, 4.69) is 30.3 Å². The van der Waals surface area contributed by atoms with E-state index in [9.17, 15) is 0 Å². The number of hydrogen-bond donors (Lipinski definition) is 2. The van der Waals surface area contributed by atoms with Crippen LogP contribution in [0.25, 0.3) is 10.4 Å². The number of rotatable bonds is 3. The quantitative estimate of drug-likeness (QED) is 0.419. The Morgan fingerprint density at radius 2 is 2.21 bits per heavy atom. The van der Waals surface area contributed by atoms with Crippen molar-refractivity contribution < 1.29 is 0 Å². The highest BCUT2D eigenvalue weighted by molar-refractivity contribution is 5.38. The first-order valence-corrected chi connectivity index (χ1v) is 4.11.